The summed E-state index contributed by atoms with van der Waals surface area (Å²) >= 11 is 6.94. The van der Waals surface area contributed by atoms with E-state index in [0.717, 1.165) is 17.6 Å². The Morgan fingerprint density at radius 1 is 1.25 bits per heavy atom. The lowest BCUT2D eigenvalue weighted by molar-refractivity contribution is 0.325. The van der Waals surface area contributed by atoms with Gasteiger partial charge in [0.05, 0.1) is 17.8 Å². The van der Waals surface area contributed by atoms with Crippen LogP contribution in [-0.2, 0) is 30.7 Å². The van der Waals surface area contributed by atoms with Crippen molar-refractivity contribution in [3.05, 3.63) is 33.8 Å². The Hall–Kier alpha value is -1.27. The second-order valence-electron chi connectivity index (χ2n) is 4.75. The fourth-order valence-corrected chi connectivity index (χ4v) is 4.56. The summed E-state index contributed by atoms with van der Waals surface area (Å²) in [7, 11) is -7.38. The van der Waals surface area contributed by atoms with Crippen LogP contribution in [0.25, 0.3) is 0 Å². The van der Waals surface area contributed by atoms with Crippen LogP contribution in [0.3, 0.4) is 0 Å². The largest absolute Gasteiger partial charge is 0.270 e. The van der Waals surface area contributed by atoms with Crippen LogP contribution in [0, 0.1) is 6.92 Å². The molecular weight excluding hydrogens is 398 g/mol. The Labute approximate surface area is 149 Å². The van der Waals surface area contributed by atoms with E-state index >= 15 is 0 Å². The molecule has 12 heteroatoms. The number of hydrogen-bond donors (Lipinski definition) is 1. The first kappa shape index (κ1) is 19.1. The number of aromatic nitrogens is 2. The summed E-state index contributed by atoms with van der Waals surface area (Å²) < 4.78 is 53.5. The van der Waals surface area contributed by atoms with Gasteiger partial charge in [0.1, 0.15) is 5.01 Å². The first-order valence-electron chi connectivity index (χ1n) is 6.53. The highest BCUT2D eigenvalue weighted by Gasteiger charge is 2.20. The molecule has 8 nitrogen and oxygen atoms in total. The topological polar surface area (TPSA) is 115 Å². The molecule has 24 heavy (non-hydrogen) atoms. The molecule has 0 unspecified atom stereocenters. The fourth-order valence-electron chi connectivity index (χ4n) is 1.72. The summed E-state index contributed by atoms with van der Waals surface area (Å²) in [5, 5.41) is 8.39. The van der Waals surface area contributed by atoms with Gasteiger partial charge in [0.25, 0.3) is 20.1 Å². The highest BCUT2D eigenvalue weighted by molar-refractivity contribution is 7.93. The van der Waals surface area contributed by atoms with Gasteiger partial charge >= 0.3 is 0 Å². The molecular formula is C12H14ClN3O5S3. The van der Waals surface area contributed by atoms with E-state index in [9.17, 15) is 16.8 Å². The van der Waals surface area contributed by atoms with Crippen molar-refractivity contribution in [3.63, 3.8) is 0 Å². The zero-order chi connectivity index (χ0) is 18.0. The van der Waals surface area contributed by atoms with Crippen LogP contribution >= 0.6 is 22.9 Å². The van der Waals surface area contributed by atoms with Crippen LogP contribution in [0.1, 0.15) is 10.6 Å². The van der Waals surface area contributed by atoms with E-state index in [1.807, 2.05) is 0 Å². The van der Waals surface area contributed by atoms with Crippen LogP contribution in [0.15, 0.2) is 23.1 Å². The van der Waals surface area contributed by atoms with Crippen molar-refractivity contribution in [2.24, 2.45) is 0 Å². The van der Waals surface area contributed by atoms with Crippen LogP contribution in [0.2, 0.25) is 5.02 Å². The quantitative estimate of drug-likeness (QED) is 0.690. The van der Waals surface area contributed by atoms with E-state index in [4.69, 9.17) is 11.6 Å². The minimum atomic E-state index is -3.85. The van der Waals surface area contributed by atoms with Crippen molar-refractivity contribution < 1.29 is 21.0 Å². The third-order valence-electron chi connectivity index (χ3n) is 2.81. The number of nitrogens with zero attached hydrogens (tertiary/aromatic N) is 2. The summed E-state index contributed by atoms with van der Waals surface area (Å²) in [5.74, 6) is 0. The summed E-state index contributed by atoms with van der Waals surface area (Å²) in [6.07, 6.45) is 1.14. The number of benzene rings is 1. The zero-order valence-corrected chi connectivity index (χ0v) is 15.9. The minimum Gasteiger partial charge on any atom is -0.270 e. The second-order valence-corrected chi connectivity index (χ2v) is 9.51. The molecule has 0 aliphatic heterocycles. The third-order valence-corrected chi connectivity index (χ3v) is 6.32. The van der Waals surface area contributed by atoms with Crippen molar-refractivity contribution in [3.8, 4) is 0 Å². The molecule has 1 N–H and O–H groups in total. The molecule has 0 atom stereocenters. The predicted molar refractivity (Wildman–Crippen MR) is 91.4 cm³/mol. The predicted octanol–water partition coefficient (Wildman–Crippen LogP) is 1.82. The van der Waals surface area contributed by atoms with Gasteiger partial charge < -0.3 is 0 Å². The molecule has 0 aliphatic carbocycles. The second kappa shape index (κ2) is 7.31. The molecule has 0 radical (unpaired) electrons. The normalized spacial score (nSPS) is 12.3. The average Bonchev–Trinajstić information content (AvgIpc) is 2.87. The molecule has 0 bridgehead atoms. The Balaban J connectivity index is 2.10. The summed E-state index contributed by atoms with van der Waals surface area (Å²) in [6, 6.07) is 4.57. The highest BCUT2D eigenvalue weighted by Crippen LogP contribution is 2.26. The van der Waals surface area contributed by atoms with Gasteiger partial charge in [0.15, 0.2) is 0 Å². The molecule has 1 heterocycles. The summed E-state index contributed by atoms with van der Waals surface area (Å²) in [4.78, 5) is 0.0483. The molecule has 1 aromatic carbocycles. The van der Waals surface area contributed by atoms with Crippen molar-refractivity contribution in [2.45, 2.75) is 18.2 Å². The molecule has 2 rings (SSSR count). The number of hydrogen-bond acceptors (Lipinski definition) is 8. The van der Waals surface area contributed by atoms with Gasteiger partial charge in [-0.2, -0.15) is 8.42 Å². The smallest absolute Gasteiger partial charge is 0.264 e. The number of halogens is 1. The molecule has 0 saturated carbocycles. The van der Waals surface area contributed by atoms with E-state index < -0.39 is 20.1 Å². The molecule has 0 fully saturated rings. The lowest BCUT2D eigenvalue weighted by Crippen LogP contribution is -2.14. The Morgan fingerprint density at radius 2 is 1.96 bits per heavy atom. The maximum atomic E-state index is 12.4. The molecule has 0 aliphatic rings. The Kier molecular flexibility index (Phi) is 5.81. The fraction of sp³-hybridized carbons (Fsp3) is 0.333. The van der Waals surface area contributed by atoms with E-state index in [1.165, 1.54) is 12.1 Å². The summed E-state index contributed by atoms with van der Waals surface area (Å²) in [6.45, 7) is 1.51. The Bertz CT molecular complexity index is 941. The maximum Gasteiger partial charge on any atom is 0.264 e. The maximum absolute atomic E-state index is 12.4. The van der Waals surface area contributed by atoms with Gasteiger partial charge in [-0.3, -0.25) is 8.91 Å². The Morgan fingerprint density at radius 3 is 2.62 bits per heavy atom. The number of nitrogens with one attached hydrogen (secondary N) is 1. The molecule has 1 aromatic heterocycles. The van der Waals surface area contributed by atoms with Crippen LogP contribution in [-0.4, -0.2) is 39.9 Å². The van der Waals surface area contributed by atoms with E-state index in [2.05, 4.69) is 19.1 Å². The number of rotatable bonds is 7. The standard InChI is InChI=1S/C12H14ClN3O5S3/c1-8-9(13)4-3-5-10(8)24(19,20)16-12-15-14-11(22-12)6-7-21-23(2,17)18/h3-5H,6-7H2,1-2H3,(H,15,16). The lowest BCUT2D eigenvalue weighted by atomic mass is 10.2. The van der Waals surface area contributed by atoms with Crippen molar-refractivity contribution >= 4 is 48.2 Å². The van der Waals surface area contributed by atoms with Gasteiger partial charge in [-0.05, 0) is 24.6 Å². The van der Waals surface area contributed by atoms with E-state index in [1.54, 1.807) is 13.0 Å². The molecule has 0 amide bonds. The van der Waals surface area contributed by atoms with Crippen molar-refractivity contribution in [1.82, 2.24) is 10.2 Å². The SMILES string of the molecule is Cc1c(Cl)cccc1S(=O)(=O)Nc1nnc(CCOS(C)(=O)=O)s1. The molecule has 2 aromatic rings. The van der Waals surface area contributed by atoms with E-state index in [-0.39, 0.29) is 23.1 Å². The first-order chi connectivity index (χ1) is 11.1. The zero-order valence-electron chi connectivity index (χ0n) is 12.7. The average molecular weight is 412 g/mol. The molecule has 0 saturated heterocycles. The van der Waals surface area contributed by atoms with Crippen molar-refractivity contribution in [2.75, 3.05) is 17.6 Å². The first-order valence-corrected chi connectivity index (χ1v) is 11.0. The molecule has 0 spiro atoms. The highest BCUT2D eigenvalue weighted by atomic mass is 35.5. The number of sulfonamides is 1. The van der Waals surface area contributed by atoms with Crippen LogP contribution in [0.5, 0.6) is 0 Å². The van der Waals surface area contributed by atoms with Gasteiger partial charge in [0, 0.05) is 11.4 Å². The van der Waals surface area contributed by atoms with Crippen LogP contribution < -0.4 is 4.72 Å². The van der Waals surface area contributed by atoms with Gasteiger partial charge in [-0.15, -0.1) is 10.2 Å². The third kappa shape index (κ3) is 5.11. The van der Waals surface area contributed by atoms with E-state index in [0.29, 0.717) is 15.6 Å². The minimum absolute atomic E-state index is 0.0483. The molecule has 132 valence electrons. The lowest BCUT2D eigenvalue weighted by Gasteiger charge is -2.08. The monoisotopic (exact) mass is 411 g/mol. The van der Waals surface area contributed by atoms with Gasteiger partial charge in [0.2, 0.25) is 5.13 Å². The van der Waals surface area contributed by atoms with Crippen LogP contribution in [0.4, 0.5) is 5.13 Å². The van der Waals surface area contributed by atoms with Gasteiger partial charge in [-0.1, -0.05) is 29.0 Å². The summed E-state index contributed by atoms with van der Waals surface area (Å²) in [5.41, 5.74) is 0.429. The number of anilines is 1. The van der Waals surface area contributed by atoms with Gasteiger partial charge in [-0.25, -0.2) is 8.42 Å². The van der Waals surface area contributed by atoms with Crippen molar-refractivity contribution in [1.29, 1.82) is 0 Å².